The Labute approximate surface area is 204 Å². The average Bonchev–Trinajstić information content (AvgIpc) is 3.81. The van der Waals surface area contributed by atoms with Gasteiger partial charge in [-0.25, -0.2) is 5.48 Å². The molecule has 0 radical (unpaired) electrons. The van der Waals surface area contributed by atoms with Gasteiger partial charge in [-0.05, 0) is 43.5 Å². The zero-order valence-electron chi connectivity index (χ0n) is 19.8. The van der Waals surface area contributed by atoms with Crippen LogP contribution in [-0.2, 0) is 4.84 Å². The van der Waals surface area contributed by atoms with Crippen LogP contribution in [0.3, 0.4) is 0 Å². The molecule has 3 fully saturated rings. The summed E-state index contributed by atoms with van der Waals surface area (Å²) in [7, 11) is 0. The summed E-state index contributed by atoms with van der Waals surface area (Å²) in [4.78, 5) is 4.69. The van der Waals surface area contributed by atoms with E-state index < -0.39 is 0 Å². The van der Waals surface area contributed by atoms with Gasteiger partial charge in [0.1, 0.15) is 12.5 Å². The molecule has 7 N–H and O–H groups in total. The third-order valence-electron chi connectivity index (χ3n) is 3.59. The van der Waals surface area contributed by atoms with E-state index in [1.807, 2.05) is 12.1 Å². The van der Waals surface area contributed by atoms with Gasteiger partial charge in [0.2, 0.25) is 0 Å². The molecular formula is C21H37N11O3. The van der Waals surface area contributed by atoms with E-state index in [9.17, 15) is 0 Å². The zero-order chi connectivity index (χ0) is 24.7. The van der Waals surface area contributed by atoms with Gasteiger partial charge in [-0.3, -0.25) is 31.9 Å². The number of hydrogen-bond donors (Lipinski definition) is 7. The number of hydroxylamine groups is 1. The minimum absolute atomic E-state index is 0.889. The number of H-pyrrole nitrogens is 2. The molecule has 0 aromatic carbocycles. The van der Waals surface area contributed by atoms with E-state index >= 15 is 0 Å². The summed E-state index contributed by atoms with van der Waals surface area (Å²) in [6, 6.07) is 7.11. The highest BCUT2D eigenvalue weighted by Crippen LogP contribution is 1.83. The fourth-order valence-corrected chi connectivity index (χ4v) is 2.03. The highest BCUT2D eigenvalue weighted by atomic mass is 16.6. The second-order valence-electron chi connectivity index (χ2n) is 6.42. The predicted molar refractivity (Wildman–Crippen MR) is 130 cm³/mol. The van der Waals surface area contributed by atoms with Crippen LogP contribution in [0, 0.1) is 0 Å². The summed E-state index contributed by atoms with van der Waals surface area (Å²) < 4.78 is 8.67. The molecule has 3 aliphatic heterocycles. The van der Waals surface area contributed by atoms with Crippen molar-refractivity contribution in [1.82, 2.24) is 57.9 Å². The van der Waals surface area contributed by atoms with Gasteiger partial charge in [-0.1, -0.05) is 10.3 Å². The second-order valence-corrected chi connectivity index (χ2v) is 6.42. The van der Waals surface area contributed by atoms with E-state index in [2.05, 4.69) is 66.9 Å². The van der Waals surface area contributed by atoms with Crippen LogP contribution in [0.15, 0.2) is 83.0 Å². The Bertz CT molecular complexity index is 537. The molecule has 0 aliphatic carbocycles. The SMILES string of the molecule is C1CNNC1.C1CNNC1.C1CNOC1.c1cn[nH]c1.c1cn[nH]c1.c1cnoc1.c1cnoc1. The maximum Gasteiger partial charge on any atom is 0.123 e. The molecule has 0 amide bonds. The van der Waals surface area contributed by atoms with E-state index in [1.54, 1.807) is 49.3 Å². The molecule has 14 nitrogen and oxygen atoms in total. The second kappa shape index (κ2) is 26.8. The molecule has 14 heteroatoms. The van der Waals surface area contributed by atoms with Crippen LogP contribution < -0.4 is 27.2 Å². The van der Waals surface area contributed by atoms with Crippen molar-refractivity contribution in [1.29, 1.82) is 0 Å². The lowest BCUT2D eigenvalue weighted by atomic mass is 10.5. The maximum atomic E-state index is 4.69. The number of aromatic amines is 2. The van der Waals surface area contributed by atoms with Crippen molar-refractivity contribution in [3.05, 3.63) is 74.0 Å². The average molecular weight is 492 g/mol. The first-order valence-corrected chi connectivity index (χ1v) is 11.3. The number of hydrazine groups is 2. The maximum absolute atomic E-state index is 4.69. The number of hydrogen-bond acceptors (Lipinski definition) is 12. The van der Waals surface area contributed by atoms with Crippen LogP contribution in [0.4, 0.5) is 0 Å². The van der Waals surface area contributed by atoms with Crippen molar-refractivity contribution in [2.45, 2.75) is 19.3 Å². The van der Waals surface area contributed by atoms with E-state index in [0.717, 1.165) is 39.3 Å². The molecule has 7 heterocycles. The van der Waals surface area contributed by atoms with Crippen molar-refractivity contribution in [3.63, 3.8) is 0 Å². The van der Waals surface area contributed by atoms with Gasteiger partial charge in [0.25, 0.3) is 0 Å². The smallest absolute Gasteiger partial charge is 0.123 e. The summed E-state index contributed by atoms with van der Waals surface area (Å²) in [6.45, 7) is 6.47. The van der Waals surface area contributed by atoms with Gasteiger partial charge in [0.05, 0.1) is 19.0 Å². The number of aromatic nitrogens is 6. The summed E-state index contributed by atoms with van der Waals surface area (Å²) in [6.07, 6.45) is 16.8. The van der Waals surface area contributed by atoms with Crippen molar-refractivity contribution < 1.29 is 13.9 Å². The summed E-state index contributed by atoms with van der Waals surface area (Å²) in [5.41, 5.74) is 14.6. The van der Waals surface area contributed by atoms with Crippen molar-refractivity contribution in [3.8, 4) is 0 Å². The first-order chi connectivity index (χ1) is 17.5. The van der Waals surface area contributed by atoms with Crippen LogP contribution in [0.25, 0.3) is 0 Å². The van der Waals surface area contributed by atoms with Crippen LogP contribution in [0.1, 0.15) is 19.3 Å². The molecule has 3 saturated heterocycles. The topological polar surface area (TPSA) is 179 Å². The molecule has 0 unspecified atom stereocenters. The molecule has 0 spiro atoms. The van der Waals surface area contributed by atoms with Crippen LogP contribution in [-0.4, -0.2) is 70.0 Å². The summed E-state index contributed by atoms with van der Waals surface area (Å²) in [5, 5.41) is 19.1. The Morgan fingerprint density at radius 1 is 0.543 bits per heavy atom. The third kappa shape index (κ3) is 25.1. The Morgan fingerprint density at radius 2 is 1.06 bits per heavy atom. The zero-order valence-corrected chi connectivity index (χ0v) is 19.8. The van der Waals surface area contributed by atoms with Crippen molar-refractivity contribution >= 4 is 0 Å². The first kappa shape index (κ1) is 29.6. The molecule has 7 rings (SSSR count). The molecule has 194 valence electrons. The van der Waals surface area contributed by atoms with E-state index in [0.29, 0.717) is 0 Å². The Kier molecular flexibility index (Phi) is 22.7. The van der Waals surface area contributed by atoms with Crippen LogP contribution in [0.2, 0.25) is 0 Å². The van der Waals surface area contributed by atoms with Gasteiger partial charge >= 0.3 is 0 Å². The van der Waals surface area contributed by atoms with Crippen molar-refractivity contribution in [2.75, 3.05) is 39.3 Å². The van der Waals surface area contributed by atoms with Gasteiger partial charge in [0, 0.05) is 57.5 Å². The van der Waals surface area contributed by atoms with Crippen LogP contribution in [0.5, 0.6) is 0 Å². The monoisotopic (exact) mass is 491 g/mol. The molecule has 0 atom stereocenters. The van der Waals surface area contributed by atoms with Gasteiger partial charge < -0.3 is 13.9 Å². The molecule has 0 saturated carbocycles. The van der Waals surface area contributed by atoms with Gasteiger partial charge in [-0.15, -0.1) is 0 Å². The molecule has 3 aliphatic rings. The third-order valence-corrected chi connectivity index (χ3v) is 3.59. The largest absolute Gasteiger partial charge is 0.365 e. The number of rotatable bonds is 0. The lowest BCUT2D eigenvalue weighted by Gasteiger charge is -1.81. The highest BCUT2D eigenvalue weighted by molar-refractivity contribution is 4.73. The molecule has 0 bridgehead atoms. The Hall–Kier alpha value is -3.40. The lowest BCUT2D eigenvalue weighted by molar-refractivity contribution is 0.103. The standard InChI is InChI=1S/2C3H8N2.2C3H4N2.C3H7NO.2C3H3NO/c7*1-2-4-5-3-1/h2*4-5H,1-3H2;2*1-3H,(H,4,5);4H,1-3H2;2*1-3H. The minimum atomic E-state index is 0.889. The molecule has 4 aromatic heterocycles. The quantitative estimate of drug-likeness (QED) is 0.186. The van der Waals surface area contributed by atoms with E-state index in [1.165, 1.54) is 31.8 Å². The van der Waals surface area contributed by atoms with Crippen molar-refractivity contribution in [2.24, 2.45) is 0 Å². The number of nitrogens with one attached hydrogen (secondary N) is 7. The van der Waals surface area contributed by atoms with E-state index in [4.69, 9.17) is 4.84 Å². The predicted octanol–water partition coefficient (Wildman–Crippen LogP) is 1.05. The van der Waals surface area contributed by atoms with Gasteiger partial charge in [-0.2, -0.15) is 10.2 Å². The molecule has 4 aromatic rings. The Balaban J connectivity index is 0.000000204. The fourth-order valence-electron chi connectivity index (χ4n) is 2.03. The summed E-state index contributed by atoms with van der Waals surface area (Å²) in [5.74, 6) is 0. The molecule has 35 heavy (non-hydrogen) atoms. The Morgan fingerprint density at radius 3 is 1.17 bits per heavy atom. The lowest BCUT2D eigenvalue weighted by Crippen LogP contribution is -2.21. The van der Waals surface area contributed by atoms with Gasteiger partial charge in [0.15, 0.2) is 0 Å². The fraction of sp³-hybridized carbons (Fsp3) is 0.429. The summed E-state index contributed by atoms with van der Waals surface area (Å²) >= 11 is 0. The number of nitrogens with zero attached hydrogens (tertiary/aromatic N) is 4. The van der Waals surface area contributed by atoms with E-state index in [-0.39, 0.29) is 0 Å². The first-order valence-electron chi connectivity index (χ1n) is 11.3. The van der Waals surface area contributed by atoms with Crippen LogP contribution >= 0.6 is 0 Å². The minimum Gasteiger partial charge on any atom is -0.365 e. The molecular weight excluding hydrogens is 454 g/mol. The normalized spacial score (nSPS) is 14.9. The highest BCUT2D eigenvalue weighted by Gasteiger charge is 1.93.